The first-order valence-electron chi connectivity index (χ1n) is 7.22. The first-order chi connectivity index (χ1) is 9.35. The van der Waals surface area contributed by atoms with E-state index >= 15 is 0 Å². The number of rotatable bonds is 5. The Hall–Kier alpha value is -1.13. The van der Waals surface area contributed by atoms with Crippen molar-refractivity contribution in [3.05, 3.63) is 29.6 Å². The van der Waals surface area contributed by atoms with E-state index in [2.05, 4.69) is 23.9 Å². The second kappa shape index (κ2) is 5.70. The van der Waals surface area contributed by atoms with Gasteiger partial charge in [-0.1, -0.05) is 6.07 Å². The molecule has 1 fully saturated rings. The fourth-order valence-corrected chi connectivity index (χ4v) is 3.03. The number of phenols is 1. The largest absolute Gasteiger partial charge is 0.508 e. The molecule has 3 nitrogen and oxygen atoms in total. The number of hydrogen-bond acceptors (Lipinski definition) is 3. The Labute approximate surface area is 121 Å². The molecule has 1 saturated carbocycles. The Bertz CT molecular complexity index is 472. The maximum Gasteiger partial charge on any atom is 0.131 e. The Balaban J connectivity index is 2.10. The molecule has 0 aliphatic heterocycles. The Kier molecular flexibility index (Phi) is 4.35. The third kappa shape index (κ3) is 2.81. The molecule has 1 atom stereocenters. The predicted octanol–water partition coefficient (Wildman–Crippen LogP) is 3.01. The number of hydrogen-bond donors (Lipinski definition) is 1. The van der Waals surface area contributed by atoms with E-state index in [9.17, 15) is 9.50 Å². The molecule has 0 aromatic heterocycles. The third-order valence-electron chi connectivity index (χ3n) is 4.87. The molecule has 1 aliphatic rings. The van der Waals surface area contributed by atoms with Gasteiger partial charge >= 0.3 is 0 Å². The Morgan fingerprint density at radius 1 is 1.30 bits per heavy atom. The number of aromatic hydroxyl groups is 1. The summed E-state index contributed by atoms with van der Waals surface area (Å²) < 4.78 is 14.0. The number of nitrogens with zero attached hydrogens (tertiary/aromatic N) is 2. The molecule has 20 heavy (non-hydrogen) atoms. The molecule has 0 spiro atoms. The predicted molar refractivity (Wildman–Crippen MR) is 79.4 cm³/mol. The van der Waals surface area contributed by atoms with Gasteiger partial charge in [-0.3, -0.25) is 4.90 Å². The van der Waals surface area contributed by atoms with E-state index in [1.807, 2.05) is 14.0 Å². The molecule has 1 aromatic rings. The molecule has 0 heterocycles. The summed E-state index contributed by atoms with van der Waals surface area (Å²) in [6, 6.07) is 4.40. The van der Waals surface area contributed by atoms with Crippen LogP contribution >= 0.6 is 0 Å². The fraction of sp³-hybridized carbons (Fsp3) is 0.625. The van der Waals surface area contributed by atoms with E-state index in [1.54, 1.807) is 12.1 Å². The van der Waals surface area contributed by atoms with Gasteiger partial charge in [-0.05, 0) is 53.4 Å². The van der Waals surface area contributed by atoms with Crippen LogP contribution in [0, 0.1) is 5.82 Å². The summed E-state index contributed by atoms with van der Waals surface area (Å²) in [6.45, 7) is 2.94. The van der Waals surface area contributed by atoms with Crippen LogP contribution in [0.1, 0.15) is 37.8 Å². The van der Waals surface area contributed by atoms with E-state index in [1.165, 1.54) is 25.3 Å². The molecule has 0 amide bonds. The molecule has 1 unspecified atom stereocenters. The fourth-order valence-electron chi connectivity index (χ4n) is 3.03. The first kappa shape index (κ1) is 15.3. The number of halogens is 1. The topological polar surface area (TPSA) is 26.7 Å². The first-order valence-corrected chi connectivity index (χ1v) is 7.22. The van der Waals surface area contributed by atoms with Gasteiger partial charge in [-0.25, -0.2) is 4.39 Å². The lowest BCUT2D eigenvalue weighted by Gasteiger charge is -2.50. The van der Waals surface area contributed by atoms with Crippen molar-refractivity contribution in [1.82, 2.24) is 9.80 Å². The third-order valence-corrected chi connectivity index (χ3v) is 4.87. The zero-order chi connectivity index (χ0) is 14.9. The van der Waals surface area contributed by atoms with Crippen molar-refractivity contribution in [2.24, 2.45) is 0 Å². The molecular formula is C16H25FN2O. The standard InChI is InChI=1S/C16H25FN2O/c1-12(14-7-6-13(20)10-15(14)17)19(4)11-16(18(2)3)8-5-9-16/h6-7,10,12,20H,5,8-9,11H2,1-4H3. The maximum atomic E-state index is 14.0. The summed E-state index contributed by atoms with van der Waals surface area (Å²) in [5.41, 5.74) is 0.870. The SMILES string of the molecule is CC(c1ccc(O)cc1F)N(C)CC1(N(C)C)CCC1. The van der Waals surface area contributed by atoms with Crippen LogP contribution in [0.4, 0.5) is 4.39 Å². The van der Waals surface area contributed by atoms with Gasteiger partial charge < -0.3 is 10.0 Å². The van der Waals surface area contributed by atoms with Gasteiger partial charge in [0.2, 0.25) is 0 Å². The minimum Gasteiger partial charge on any atom is -0.508 e. The van der Waals surface area contributed by atoms with Gasteiger partial charge in [0.05, 0.1) is 0 Å². The summed E-state index contributed by atoms with van der Waals surface area (Å²) in [4.78, 5) is 4.50. The zero-order valence-electron chi connectivity index (χ0n) is 12.9. The van der Waals surface area contributed by atoms with E-state index in [4.69, 9.17) is 0 Å². The number of phenolic OH excluding ortho intramolecular Hbond substituents is 1. The Morgan fingerprint density at radius 3 is 2.40 bits per heavy atom. The molecule has 4 heteroatoms. The molecule has 112 valence electrons. The van der Waals surface area contributed by atoms with Crippen molar-refractivity contribution in [3.63, 3.8) is 0 Å². The Morgan fingerprint density at radius 2 is 1.95 bits per heavy atom. The smallest absolute Gasteiger partial charge is 0.131 e. The van der Waals surface area contributed by atoms with Gasteiger partial charge in [-0.15, -0.1) is 0 Å². The van der Waals surface area contributed by atoms with Gasteiger partial charge in [0, 0.05) is 29.8 Å². The van der Waals surface area contributed by atoms with Crippen LogP contribution in [-0.4, -0.2) is 48.1 Å². The van der Waals surface area contributed by atoms with Crippen LogP contribution in [-0.2, 0) is 0 Å². The van der Waals surface area contributed by atoms with Crippen molar-refractivity contribution in [3.8, 4) is 5.75 Å². The van der Waals surface area contributed by atoms with Crippen LogP contribution < -0.4 is 0 Å². The average Bonchev–Trinajstić information content (AvgIpc) is 2.32. The normalized spacial score (nSPS) is 19.1. The summed E-state index contributed by atoms with van der Waals surface area (Å²) in [6.07, 6.45) is 3.68. The summed E-state index contributed by atoms with van der Waals surface area (Å²) in [5, 5.41) is 9.30. The van der Waals surface area contributed by atoms with Crippen molar-refractivity contribution >= 4 is 0 Å². The highest BCUT2D eigenvalue weighted by atomic mass is 19.1. The van der Waals surface area contributed by atoms with Crippen LogP contribution in [0.25, 0.3) is 0 Å². The molecule has 0 bridgehead atoms. The molecule has 1 aromatic carbocycles. The highest BCUT2D eigenvalue weighted by molar-refractivity contribution is 5.29. The van der Waals surface area contributed by atoms with Gasteiger partial charge in [-0.2, -0.15) is 0 Å². The molecular weight excluding hydrogens is 255 g/mol. The van der Waals surface area contributed by atoms with Gasteiger partial charge in [0.25, 0.3) is 0 Å². The molecule has 1 aliphatic carbocycles. The highest BCUT2D eigenvalue weighted by Crippen LogP contribution is 2.38. The van der Waals surface area contributed by atoms with E-state index in [0.717, 1.165) is 6.54 Å². The monoisotopic (exact) mass is 280 g/mol. The summed E-state index contributed by atoms with van der Waals surface area (Å²) in [7, 11) is 6.29. The van der Waals surface area contributed by atoms with Crippen LogP contribution in [0.5, 0.6) is 5.75 Å². The zero-order valence-corrected chi connectivity index (χ0v) is 12.9. The number of likely N-dealkylation sites (N-methyl/N-ethyl adjacent to an activating group) is 2. The molecule has 1 N–H and O–H groups in total. The summed E-state index contributed by atoms with van der Waals surface area (Å²) >= 11 is 0. The molecule has 0 radical (unpaired) electrons. The van der Waals surface area contributed by atoms with Gasteiger partial charge in [0.1, 0.15) is 11.6 Å². The summed E-state index contributed by atoms with van der Waals surface area (Å²) in [5.74, 6) is -0.360. The van der Waals surface area contributed by atoms with E-state index < -0.39 is 0 Å². The lowest BCUT2D eigenvalue weighted by atomic mass is 9.75. The molecule has 2 rings (SSSR count). The van der Waals surface area contributed by atoms with Crippen molar-refractivity contribution in [1.29, 1.82) is 0 Å². The van der Waals surface area contributed by atoms with Crippen molar-refractivity contribution < 1.29 is 9.50 Å². The van der Waals surface area contributed by atoms with Crippen molar-refractivity contribution in [2.75, 3.05) is 27.7 Å². The van der Waals surface area contributed by atoms with Gasteiger partial charge in [0.15, 0.2) is 0 Å². The van der Waals surface area contributed by atoms with E-state index in [0.29, 0.717) is 5.56 Å². The minimum absolute atomic E-state index is 0.00646. The molecule has 0 saturated heterocycles. The van der Waals surface area contributed by atoms with Crippen LogP contribution in [0.3, 0.4) is 0 Å². The average molecular weight is 280 g/mol. The number of benzene rings is 1. The second-order valence-electron chi connectivity index (χ2n) is 6.27. The lowest BCUT2D eigenvalue weighted by Crippen LogP contribution is -2.56. The van der Waals surface area contributed by atoms with Crippen LogP contribution in [0.2, 0.25) is 0 Å². The second-order valence-corrected chi connectivity index (χ2v) is 6.27. The highest BCUT2D eigenvalue weighted by Gasteiger charge is 2.40. The lowest BCUT2D eigenvalue weighted by molar-refractivity contribution is 0.0175. The minimum atomic E-state index is -0.336. The van der Waals surface area contributed by atoms with Crippen LogP contribution in [0.15, 0.2) is 18.2 Å². The van der Waals surface area contributed by atoms with Crippen molar-refractivity contribution in [2.45, 2.75) is 37.8 Å². The quantitative estimate of drug-likeness (QED) is 0.898. The maximum absolute atomic E-state index is 14.0. The van der Waals surface area contributed by atoms with E-state index in [-0.39, 0.29) is 23.1 Å².